The monoisotopic (exact) mass is 244 g/mol. The van der Waals surface area contributed by atoms with Crippen LogP contribution < -0.4 is 0 Å². The molecule has 0 rings (SSSR count). The number of halogens is 7. The van der Waals surface area contributed by atoms with Gasteiger partial charge in [-0.1, -0.05) is 0 Å². The molecule has 0 aliphatic heterocycles. The molecule has 1 N–H and O–H groups in total. The lowest BCUT2D eigenvalue weighted by Crippen LogP contribution is -2.58. The number of hydrogen-bond acceptors (Lipinski definition) is 2. The highest BCUT2D eigenvalue weighted by atomic mass is 19.4. The van der Waals surface area contributed by atoms with E-state index in [1.165, 1.54) is 0 Å². The van der Waals surface area contributed by atoms with Gasteiger partial charge in [-0.3, -0.25) is 4.74 Å². The van der Waals surface area contributed by atoms with E-state index in [0.29, 0.717) is 0 Å². The summed E-state index contributed by atoms with van der Waals surface area (Å²) in [6.45, 7) is 0.176. The van der Waals surface area contributed by atoms with Crippen molar-refractivity contribution in [2.24, 2.45) is 0 Å². The summed E-state index contributed by atoms with van der Waals surface area (Å²) in [4.78, 5) is 0. The van der Waals surface area contributed by atoms with Gasteiger partial charge in [-0.15, -0.1) is 13.2 Å². The molecule has 0 amide bonds. The Kier molecular flexibility index (Phi) is 3.34. The Hall–Kier alpha value is -0.570. The average molecular weight is 244 g/mol. The van der Waals surface area contributed by atoms with Crippen molar-refractivity contribution in [1.29, 1.82) is 0 Å². The largest absolute Gasteiger partial charge is 0.523 e. The SMILES string of the molecule is CC(C)(OC(F)(F)F)C(F)(F)C(O)(F)F. The van der Waals surface area contributed by atoms with Gasteiger partial charge in [0.15, 0.2) is 0 Å². The van der Waals surface area contributed by atoms with Crippen LogP contribution in [0, 0.1) is 0 Å². The lowest BCUT2D eigenvalue weighted by Gasteiger charge is -2.36. The van der Waals surface area contributed by atoms with Crippen LogP contribution in [0.15, 0.2) is 0 Å². The summed E-state index contributed by atoms with van der Waals surface area (Å²) in [5, 5.41) is 7.75. The second-order valence-corrected chi connectivity index (χ2v) is 3.17. The third kappa shape index (κ3) is 3.20. The third-order valence-corrected chi connectivity index (χ3v) is 1.50. The molecule has 0 radical (unpaired) electrons. The molecule has 0 aromatic rings. The van der Waals surface area contributed by atoms with Crippen LogP contribution in [0.1, 0.15) is 13.8 Å². The summed E-state index contributed by atoms with van der Waals surface area (Å²) < 4.78 is 86.7. The average Bonchev–Trinajstić information content (AvgIpc) is 1.77. The van der Waals surface area contributed by atoms with Crippen molar-refractivity contribution in [3.63, 3.8) is 0 Å². The standard InChI is InChI=1S/C6H7F7O2/c1-3(2,15-6(11,12)13)4(7,8)5(9,10)14/h14H,1-2H3. The number of aliphatic hydroxyl groups is 1. The molecule has 0 unspecified atom stereocenters. The van der Waals surface area contributed by atoms with Crippen molar-refractivity contribution in [1.82, 2.24) is 0 Å². The second-order valence-electron chi connectivity index (χ2n) is 3.17. The molecule has 0 saturated heterocycles. The van der Waals surface area contributed by atoms with E-state index >= 15 is 0 Å². The number of rotatable bonds is 3. The summed E-state index contributed by atoms with van der Waals surface area (Å²) >= 11 is 0. The Morgan fingerprint density at radius 1 is 0.867 bits per heavy atom. The molecule has 0 heterocycles. The molecular formula is C6H7F7O2. The third-order valence-electron chi connectivity index (χ3n) is 1.50. The van der Waals surface area contributed by atoms with Gasteiger partial charge in [0, 0.05) is 0 Å². The van der Waals surface area contributed by atoms with Crippen molar-refractivity contribution in [3.8, 4) is 0 Å². The van der Waals surface area contributed by atoms with Crippen molar-refractivity contribution in [2.45, 2.75) is 37.8 Å². The number of ether oxygens (including phenoxy) is 1. The van der Waals surface area contributed by atoms with Crippen LogP contribution in [0.25, 0.3) is 0 Å². The molecule has 0 aliphatic carbocycles. The summed E-state index contributed by atoms with van der Waals surface area (Å²) in [5.74, 6) is -5.38. The predicted octanol–water partition coefficient (Wildman–Crippen LogP) is 2.52. The van der Waals surface area contributed by atoms with E-state index in [4.69, 9.17) is 5.11 Å². The second kappa shape index (κ2) is 3.48. The van der Waals surface area contributed by atoms with Gasteiger partial charge in [0.2, 0.25) is 0 Å². The van der Waals surface area contributed by atoms with Crippen molar-refractivity contribution in [2.75, 3.05) is 0 Å². The Bertz CT molecular complexity index is 227. The van der Waals surface area contributed by atoms with Crippen LogP contribution in [0.4, 0.5) is 30.7 Å². The Morgan fingerprint density at radius 2 is 1.20 bits per heavy atom. The maximum Gasteiger partial charge on any atom is 0.523 e. The van der Waals surface area contributed by atoms with Gasteiger partial charge < -0.3 is 5.11 Å². The van der Waals surface area contributed by atoms with Crippen molar-refractivity contribution in [3.05, 3.63) is 0 Å². The zero-order chi connectivity index (χ0) is 12.7. The first kappa shape index (κ1) is 14.4. The van der Waals surface area contributed by atoms with Crippen molar-refractivity contribution >= 4 is 0 Å². The van der Waals surface area contributed by atoms with Gasteiger partial charge in [-0.25, -0.2) is 0 Å². The number of alkyl halides is 7. The van der Waals surface area contributed by atoms with Crippen molar-refractivity contribution < 1.29 is 40.6 Å². The molecule has 0 aromatic carbocycles. The minimum atomic E-state index is -5.61. The first-order valence-corrected chi connectivity index (χ1v) is 3.45. The molecule has 0 spiro atoms. The molecule has 0 aromatic heterocycles. The summed E-state index contributed by atoms with van der Waals surface area (Å²) in [6, 6.07) is 0. The molecule has 2 nitrogen and oxygen atoms in total. The number of hydrogen-bond donors (Lipinski definition) is 1. The van der Waals surface area contributed by atoms with Crippen LogP contribution in [-0.2, 0) is 4.74 Å². The highest BCUT2D eigenvalue weighted by Crippen LogP contribution is 2.44. The van der Waals surface area contributed by atoms with E-state index in [0.717, 1.165) is 0 Å². The van der Waals surface area contributed by atoms with E-state index < -0.39 is 24.0 Å². The minimum absolute atomic E-state index is 0.0879. The Labute approximate surface area is 79.6 Å². The zero-order valence-electron chi connectivity index (χ0n) is 7.50. The Balaban J connectivity index is 5.03. The normalized spacial score (nSPS) is 15.6. The minimum Gasteiger partial charge on any atom is -0.331 e. The quantitative estimate of drug-likeness (QED) is 0.773. The fourth-order valence-electron chi connectivity index (χ4n) is 0.716. The fourth-order valence-corrected chi connectivity index (χ4v) is 0.716. The van der Waals surface area contributed by atoms with E-state index in [-0.39, 0.29) is 13.8 Å². The van der Waals surface area contributed by atoms with Gasteiger partial charge in [-0.05, 0) is 13.8 Å². The van der Waals surface area contributed by atoms with Gasteiger partial charge in [0.05, 0.1) is 0 Å². The molecule has 0 aliphatic rings. The maximum absolute atomic E-state index is 12.6. The molecule has 92 valence electrons. The van der Waals surface area contributed by atoms with Gasteiger partial charge in [0.1, 0.15) is 5.60 Å². The van der Waals surface area contributed by atoms with E-state index in [1.54, 1.807) is 0 Å². The molecular weight excluding hydrogens is 237 g/mol. The maximum atomic E-state index is 12.6. The summed E-state index contributed by atoms with van der Waals surface area (Å²) in [7, 11) is 0. The van der Waals surface area contributed by atoms with Crippen LogP contribution in [0.3, 0.4) is 0 Å². The summed E-state index contributed by atoms with van der Waals surface area (Å²) in [5.41, 5.74) is -3.59. The van der Waals surface area contributed by atoms with Crippen LogP contribution in [-0.4, -0.2) is 29.1 Å². The topological polar surface area (TPSA) is 29.5 Å². The first-order valence-electron chi connectivity index (χ1n) is 3.45. The molecule has 0 bridgehead atoms. The highest BCUT2D eigenvalue weighted by Gasteiger charge is 2.67. The molecule has 0 atom stereocenters. The van der Waals surface area contributed by atoms with Crippen LogP contribution in [0.2, 0.25) is 0 Å². The highest BCUT2D eigenvalue weighted by molar-refractivity contribution is 4.93. The lowest BCUT2D eigenvalue weighted by molar-refractivity contribution is -0.433. The van der Waals surface area contributed by atoms with E-state index in [1.807, 2.05) is 0 Å². The van der Waals surface area contributed by atoms with Gasteiger partial charge in [-0.2, -0.15) is 17.6 Å². The zero-order valence-corrected chi connectivity index (χ0v) is 7.50. The summed E-state index contributed by atoms with van der Waals surface area (Å²) in [6.07, 6.45) is -11.1. The van der Waals surface area contributed by atoms with Gasteiger partial charge >= 0.3 is 18.4 Å². The molecule has 0 fully saturated rings. The first-order chi connectivity index (χ1) is 6.21. The lowest BCUT2D eigenvalue weighted by atomic mass is 9.99. The Morgan fingerprint density at radius 3 is 1.40 bits per heavy atom. The predicted molar refractivity (Wildman–Crippen MR) is 33.3 cm³/mol. The van der Waals surface area contributed by atoms with Crippen LogP contribution in [0.5, 0.6) is 0 Å². The van der Waals surface area contributed by atoms with E-state index in [2.05, 4.69) is 4.74 Å². The van der Waals surface area contributed by atoms with E-state index in [9.17, 15) is 30.7 Å². The van der Waals surface area contributed by atoms with Crippen LogP contribution >= 0.6 is 0 Å². The van der Waals surface area contributed by atoms with Gasteiger partial charge in [0.25, 0.3) is 0 Å². The molecule has 0 saturated carbocycles. The smallest absolute Gasteiger partial charge is 0.331 e. The molecule has 15 heavy (non-hydrogen) atoms. The fraction of sp³-hybridized carbons (Fsp3) is 1.00. The molecule has 9 heteroatoms.